The highest BCUT2D eigenvalue weighted by Gasteiger charge is 2.22. The van der Waals surface area contributed by atoms with Crippen LogP contribution >= 0.6 is 11.3 Å². The number of aryl methyl sites for hydroxylation is 2. The lowest BCUT2D eigenvalue weighted by Gasteiger charge is -2.19. The van der Waals surface area contributed by atoms with Gasteiger partial charge >= 0.3 is 0 Å². The number of pyridine rings is 1. The third-order valence-electron chi connectivity index (χ3n) is 3.54. The van der Waals surface area contributed by atoms with E-state index in [-0.39, 0.29) is 24.5 Å². The van der Waals surface area contributed by atoms with Gasteiger partial charge in [0.15, 0.2) is 0 Å². The second kappa shape index (κ2) is 5.99. The molecule has 4 N–H and O–H groups in total. The Kier molecular flexibility index (Phi) is 4.49. The number of rotatable bonds is 4. The molecule has 1 amide bonds. The minimum atomic E-state index is -0.275. The first-order valence-electron chi connectivity index (χ1n) is 6.93. The number of nitrogen functional groups attached to an aromatic ring is 1. The number of nitrogens with one attached hydrogen (secondary N) is 1. The number of carbonyl (C=O) groups is 1. The summed E-state index contributed by atoms with van der Waals surface area (Å²) in [5.41, 5.74) is 8.34. The molecular formula is C15H21N3O2S. The third kappa shape index (κ3) is 3.01. The van der Waals surface area contributed by atoms with Gasteiger partial charge in [0.2, 0.25) is 0 Å². The van der Waals surface area contributed by atoms with Crippen LogP contribution < -0.4 is 11.1 Å². The highest BCUT2D eigenvalue weighted by molar-refractivity contribution is 7.21. The average Bonchev–Trinajstić information content (AvgIpc) is 2.72. The van der Waals surface area contributed by atoms with Crippen LogP contribution in [0.2, 0.25) is 0 Å². The highest BCUT2D eigenvalue weighted by Crippen LogP contribution is 2.35. The molecule has 0 saturated carbocycles. The van der Waals surface area contributed by atoms with Crippen molar-refractivity contribution < 1.29 is 9.90 Å². The summed E-state index contributed by atoms with van der Waals surface area (Å²) in [5.74, 6) is -0.0845. The zero-order valence-corrected chi connectivity index (χ0v) is 13.5. The topological polar surface area (TPSA) is 88.2 Å². The number of aliphatic hydroxyl groups is 1. The van der Waals surface area contributed by atoms with Crippen LogP contribution in [0.15, 0.2) is 6.07 Å². The number of nitrogens with zero attached hydrogens (tertiary/aromatic N) is 1. The summed E-state index contributed by atoms with van der Waals surface area (Å²) in [5, 5.41) is 13.0. The maximum atomic E-state index is 12.4. The number of aromatic nitrogens is 1. The van der Waals surface area contributed by atoms with Crippen molar-refractivity contribution in [3.05, 3.63) is 22.3 Å². The van der Waals surface area contributed by atoms with E-state index in [1.165, 1.54) is 11.3 Å². The summed E-state index contributed by atoms with van der Waals surface area (Å²) in [6, 6.07) is 1.66. The van der Waals surface area contributed by atoms with Crippen molar-refractivity contribution in [2.45, 2.75) is 33.7 Å². The molecule has 0 saturated heterocycles. The quantitative estimate of drug-likeness (QED) is 0.808. The minimum Gasteiger partial charge on any atom is -0.397 e. The number of fused-ring (bicyclic) bond motifs is 1. The van der Waals surface area contributed by atoms with Gasteiger partial charge in [0.25, 0.3) is 5.91 Å². The molecular weight excluding hydrogens is 286 g/mol. The van der Waals surface area contributed by atoms with Gasteiger partial charge in [-0.15, -0.1) is 11.3 Å². The first-order valence-corrected chi connectivity index (χ1v) is 7.74. The Bertz CT molecular complexity index is 679. The maximum absolute atomic E-state index is 12.4. The Morgan fingerprint density at radius 1 is 1.48 bits per heavy atom. The molecule has 2 heterocycles. The molecule has 0 aliphatic rings. The van der Waals surface area contributed by atoms with Gasteiger partial charge in [-0.05, 0) is 25.8 Å². The molecule has 0 aliphatic heterocycles. The normalized spacial score (nSPS) is 12.9. The minimum absolute atomic E-state index is 0.0894. The number of aliphatic hydroxyl groups excluding tert-OH is 1. The fraction of sp³-hybridized carbons (Fsp3) is 0.467. The van der Waals surface area contributed by atoms with Crippen molar-refractivity contribution in [1.29, 1.82) is 0 Å². The monoisotopic (exact) mass is 307 g/mol. The third-order valence-corrected chi connectivity index (χ3v) is 4.69. The molecule has 0 unspecified atom stereocenters. The lowest BCUT2D eigenvalue weighted by atomic mass is 10.1. The van der Waals surface area contributed by atoms with Gasteiger partial charge in [-0.1, -0.05) is 13.8 Å². The molecule has 0 aromatic carbocycles. The van der Waals surface area contributed by atoms with Crippen molar-refractivity contribution in [1.82, 2.24) is 10.3 Å². The highest BCUT2D eigenvalue weighted by atomic mass is 32.1. The van der Waals surface area contributed by atoms with Gasteiger partial charge in [-0.25, -0.2) is 0 Å². The molecule has 0 fully saturated rings. The fourth-order valence-corrected chi connectivity index (χ4v) is 3.48. The van der Waals surface area contributed by atoms with E-state index in [2.05, 4.69) is 10.3 Å². The summed E-state index contributed by atoms with van der Waals surface area (Å²) in [4.78, 5) is 17.3. The predicted molar refractivity (Wildman–Crippen MR) is 86.7 cm³/mol. The number of carbonyl (C=O) groups excluding carboxylic acids is 1. The second-order valence-corrected chi connectivity index (χ2v) is 6.63. The van der Waals surface area contributed by atoms with Crippen LogP contribution in [0.3, 0.4) is 0 Å². The van der Waals surface area contributed by atoms with Crippen LogP contribution in [0.1, 0.15) is 34.9 Å². The maximum Gasteiger partial charge on any atom is 0.263 e. The van der Waals surface area contributed by atoms with Gasteiger partial charge in [-0.2, -0.15) is 0 Å². The smallest absolute Gasteiger partial charge is 0.263 e. The molecule has 0 spiro atoms. The van der Waals surface area contributed by atoms with Gasteiger partial charge in [0.05, 0.1) is 18.3 Å². The number of anilines is 1. The molecule has 2 aromatic rings. The molecule has 1 atom stereocenters. The molecule has 0 bridgehead atoms. The fourth-order valence-electron chi connectivity index (χ4n) is 2.31. The summed E-state index contributed by atoms with van der Waals surface area (Å²) in [6.45, 7) is 7.63. The molecule has 21 heavy (non-hydrogen) atoms. The van der Waals surface area contributed by atoms with Crippen molar-refractivity contribution >= 4 is 33.0 Å². The van der Waals surface area contributed by atoms with E-state index in [1.54, 1.807) is 0 Å². The van der Waals surface area contributed by atoms with Crippen molar-refractivity contribution in [3.8, 4) is 0 Å². The van der Waals surface area contributed by atoms with Crippen LogP contribution in [-0.4, -0.2) is 28.6 Å². The predicted octanol–water partition coefficient (Wildman–Crippen LogP) is 2.24. The van der Waals surface area contributed by atoms with E-state index in [0.717, 1.165) is 21.5 Å². The Morgan fingerprint density at radius 2 is 2.14 bits per heavy atom. The van der Waals surface area contributed by atoms with Crippen LogP contribution in [0.4, 0.5) is 5.69 Å². The van der Waals surface area contributed by atoms with Crippen LogP contribution in [-0.2, 0) is 0 Å². The van der Waals surface area contributed by atoms with E-state index in [4.69, 9.17) is 5.73 Å². The summed E-state index contributed by atoms with van der Waals surface area (Å²) in [6.07, 6.45) is 0. The molecule has 6 heteroatoms. The Morgan fingerprint density at radius 3 is 2.71 bits per heavy atom. The number of thiophene rings is 1. The molecule has 0 aliphatic carbocycles. The number of amides is 1. The van der Waals surface area contributed by atoms with Gasteiger partial charge < -0.3 is 16.2 Å². The standard InChI is InChI=1S/C15H21N3O2S/c1-7(2)10(6-19)18-15(20)14-13(16)12-9(4)17-8(3)5-11(12)21-14/h5,7,10,19H,6,16H2,1-4H3,(H,18,20)/t10-/m1/s1. The Hall–Kier alpha value is -1.66. The zero-order valence-electron chi connectivity index (χ0n) is 12.7. The molecule has 114 valence electrons. The molecule has 0 radical (unpaired) electrons. The first kappa shape index (κ1) is 15.7. The second-order valence-electron chi connectivity index (χ2n) is 5.57. The van der Waals surface area contributed by atoms with Crippen LogP contribution in [0, 0.1) is 19.8 Å². The lowest BCUT2D eigenvalue weighted by molar-refractivity contribution is 0.0902. The SMILES string of the molecule is Cc1cc2sc(C(=O)N[C@H](CO)C(C)C)c(N)c2c(C)n1. The van der Waals surface area contributed by atoms with E-state index in [9.17, 15) is 9.90 Å². The summed E-state index contributed by atoms with van der Waals surface area (Å²) < 4.78 is 0.966. The van der Waals surface area contributed by atoms with E-state index >= 15 is 0 Å². The van der Waals surface area contributed by atoms with Gasteiger partial charge in [0, 0.05) is 21.5 Å². The van der Waals surface area contributed by atoms with Gasteiger partial charge in [-0.3, -0.25) is 9.78 Å². The summed E-state index contributed by atoms with van der Waals surface area (Å²) in [7, 11) is 0. The van der Waals surface area contributed by atoms with Crippen LogP contribution in [0.25, 0.3) is 10.1 Å². The van der Waals surface area contributed by atoms with Crippen molar-refractivity contribution in [2.24, 2.45) is 5.92 Å². The van der Waals surface area contributed by atoms with Crippen molar-refractivity contribution in [2.75, 3.05) is 12.3 Å². The van der Waals surface area contributed by atoms with Crippen LogP contribution in [0.5, 0.6) is 0 Å². The van der Waals surface area contributed by atoms with E-state index in [0.29, 0.717) is 10.6 Å². The Labute approximate surface area is 128 Å². The van der Waals surface area contributed by atoms with E-state index in [1.807, 2.05) is 33.8 Å². The molecule has 2 aromatic heterocycles. The largest absolute Gasteiger partial charge is 0.397 e. The first-order chi connectivity index (χ1) is 9.85. The number of hydrogen-bond acceptors (Lipinski definition) is 5. The zero-order chi connectivity index (χ0) is 15.7. The number of hydrogen-bond donors (Lipinski definition) is 3. The van der Waals surface area contributed by atoms with E-state index < -0.39 is 0 Å². The average molecular weight is 307 g/mol. The molecule has 5 nitrogen and oxygen atoms in total. The summed E-state index contributed by atoms with van der Waals surface area (Å²) >= 11 is 1.37. The molecule has 2 rings (SSSR count). The van der Waals surface area contributed by atoms with Gasteiger partial charge in [0.1, 0.15) is 4.88 Å². The number of nitrogens with two attached hydrogens (primary N) is 1. The Balaban J connectivity index is 2.41. The van der Waals surface area contributed by atoms with Crippen molar-refractivity contribution in [3.63, 3.8) is 0 Å². The lowest BCUT2D eigenvalue weighted by Crippen LogP contribution is -2.41.